The van der Waals surface area contributed by atoms with Crippen molar-refractivity contribution >= 4 is 11.5 Å². The summed E-state index contributed by atoms with van der Waals surface area (Å²) < 4.78 is 0. The molecule has 0 fully saturated rings. The molecule has 0 unspecified atom stereocenters. The molecule has 3 heteroatoms. The third kappa shape index (κ3) is 1.78. The number of anilines is 1. The lowest BCUT2D eigenvalue weighted by atomic mass is 10.1. The minimum absolute atomic E-state index is 0.0456. The van der Waals surface area contributed by atoms with E-state index < -0.39 is 0 Å². The van der Waals surface area contributed by atoms with Gasteiger partial charge in [0.05, 0.1) is 6.54 Å². The summed E-state index contributed by atoms with van der Waals surface area (Å²) in [6.07, 6.45) is 0. The Bertz CT molecular complexity index is 253. The topological polar surface area (TPSA) is 69.1 Å². The van der Waals surface area contributed by atoms with Gasteiger partial charge in [0.25, 0.3) is 0 Å². The summed E-state index contributed by atoms with van der Waals surface area (Å²) in [5.41, 5.74) is 11.9. The molecule has 0 heterocycles. The first-order valence-corrected chi connectivity index (χ1v) is 3.33. The molecule has 0 atom stereocenters. The van der Waals surface area contributed by atoms with E-state index in [1.807, 2.05) is 0 Å². The van der Waals surface area contributed by atoms with Gasteiger partial charge in [0.15, 0.2) is 5.78 Å². The second kappa shape index (κ2) is 3.16. The molecule has 0 radical (unpaired) electrons. The molecular formula is C8H10N2O. The van der Waals surface area contributed by atoms with E-state index in [0.29, 0.717) is 11.3 Å². The second-order valence-corrected chi connectivity index (χ2v) is 2.25. The fourth-order valence-electron chi connectivity index (χ4n) is 0.787. The predicted octanol–water partition coefficient (Wildman–Crippen LogP) is 0.410. The largest absolute Gasteiger partial charge is 0.399 e. The van der Waals surface area contributed by atoms with Crippen LogP contribution < -0.4 is 11.5 Å². The third-order valence-electron chi connectivity index (χ3n) is 1.42. The maximum Gasteiger partial charge on any atom is 0.176 e. The van der Waals surface area contributed by atoms with E-state index in [4.69, 9.17) is 11.5 Å². The number of carbonyl (C=O) groups excluding carboxylic acids is 1. The molecule has 0 amide bonds. The van der Waals surface area contributed by atoms with Crippen molar-refractivity contribution in [1.29, 1.82) is 0 Å². The molecular weight excluding hydrogens is 140 g/mol. The third-order valence-corrected chi connectivity index (χ3v) is 1.42. The van der Waals surface area contributed by atoms with Crippen molar-refractivity contribution in [3.63, 3.8) is 0 Å². The van der Waals surface area contributed by atoms with Crippen LogP contribution in [0.3, 0.4) is 0 Å². The van der Waals surface area contributed by atoms with Crippen molar-refractivity contribution in [3.05, 3.63) is 29.8 Å². The van der Waals surface area contributed by atoms with Gasteiger partial charge in [-0.3, -0.25) is 4.79 Å². The number of hydrogen-bond donors (Lipinski definition) is 2. The number of hydrogen-bond acceptors (Lipinski definition) is 3. The van der Waals surface area contributed by atoms with Crippen LogP contribution in [0.5, 0.6) is 0 Å². The smallest absolute Gasteiger partial charge is 0.176 e. The maximum absolute atomic E-state index is 11.0. The number of rotatable bonds is 2. The molecule has 11 heavy (non-hydrogen) atoms. The quantitative estimate of drug-likeness (QED) is 0.474. The van der Waals surface area contributed by atoms with Crippen LogP contribution in [0.25, 0.3) is 0 Å². The van der Waals surface area contributed by atoms with Crippen LogP contribution in [-0.4, -0.2) is 12.3 Å². The van der Waals surface area contributed by atoms with E-state index in [0.717, 1.165) is 0 Å². The first kappa shape index (κ1) is 7.75. The van der Waals surface area contributed by atoms with Crippen LogP contribution in [0.4, 0.5) is 5.69 Å². The Morgan fingerprint density at radius 3 is 2.27 bits per heavy atom. The number of nitrogens with two attached hydrogens (primary N) is 2. The van der Waals surface area contributed by atoms with E-state index in [1.165, 1.54) is 0 Å². The normalized spacial score (nSPS) is 9.55. The Morgan fingerprint density at radius 2 is 1.82 bits per heavy atom. The van der Waals surface area contributed by atoms with Gasteiger partial charge < -0.3 is 11.5 Å². The standard InChI is InChI=1S/C8H10N2O/c9-5-8(11)6-1-3-7(10)4-2-6/h1-4H,5,9-10H2. The Balaban J connectivity index is 2.90. The van der Waals surface area contributed by atoms with Crippen molar-refractivity contribution in [2.45, 2.75) is 0 Å². The van der Waals surface area contributed by atoms with Gasteiger partial charge in [-0.2, -0.15) is 0 Å². The average Bonchev–Trinajstić information content (AvgIpc) is 2.05. The lowest BCUT2D eigenvalue weighted by Crippen LogP contribution is -2.13. The molecule has 0 aliphatic carbocycles. The van der Waals surface area contributed by atoms with Crippen molar-refractivity contribution in [3.8, 4) is 0 Å². The zero-order valence-corrected chi connectivity index (χ0v) is 6.08. The molecule has 58 valence electrons. The van der Waals surface area contributed by atoms with Crippen LogP contribution in [-0.2, 0) is 0 Å². The lowest BCUT2D eigenvalue weighted by molar-refractivity contribution is 0.100. The highest BCUT2D eigenvalue weighted by atomic mass is 16.1. The van der Waals surface area contributed by atoms with Gasteiger partial charge >= 0.3 is 0 Å². The zero-order valence-electron chi connectivity index (χ0n) is 6.08. The first-order chi connectivity index (χ1) is 5.24. The van der Waals surface area contributed by atoms with Crippen molar-refractivity contribution in [1.82, 2.24) is 0 Å². The van der Waals surface area contributed by atoms with Gasteiger partial charge in [0.1, 0.15) is 0 Å². The average molecular weight is 150 g/mol. The lowest BCUT2D eigenvalue weighted by Gasteiger charge is -1.96. The van der Waals surface area contributed by atoms with Gasteiger partial charge in [-0.05, 0) is 24.3 Å². The molecule has 1 rings (SSSR count). The summed E-state index contributed by atoms with van der Waals surface area (Å²) in [5, 5.41) is 0. The van der Waals surface area contributed by atoms with E-state index in [1.54, 1.807) is 24.3 Å². The van der Waals surface area contributed by atoms with E-state index in [2.05, 4.69) is 0 Å². The molecule has 0 aliphatic heterocycles. The summed E-state index contributed by atoms with van der Waals surface area (Å²) in [4.78, 5) is 11.0. The highest BCUT2D eigenvalue weighted by Gasteiger charge is 2.00. The highest BCUT2D eigenvalue weighted by molar-refractivity contribution is 5.97. The summed E-state index contributed by atoms with van der Waals surface area (Å²) in [6.45, 7) is 0.0456. The molecule has 1 aromatic rings. The number of nitrogen functional groups attached to an aromatic ring is 1. The molecule has 0 saturated carbocycles. The Morgan fingerprint density at radius 1 is 1.27 bits per heavy atom. The first-order valence-electron chi connectivity index (χ1n) is 3.33. The fraction of sp³-hybridized carbons (Fsp3) is 0.125. The molecule has 3 nitrogen and oxygen atoms in total. The summed E-state index contributed by atoms with van der Waals surface area (Å²) in [6, 6.07) is 6.71. The number of carbonyl (C=O) groups is 1. The van der Waals surface area contributed by atoms with E-state index in [9.17, 15) is 4.79 Å². The minimum atomic E-state index is -0.0648. The van der Waals surface area contributed by atoms with Crippen LogP contribution in [0, 0.1) is 0 Å². The van der Waals surface area contributed by atoms with Gasteiger partial charge in [0, 0.05) is 11.3 Å². The molecule has 0 aromatic heterocycles. The summed E-state index contributed by atoms with van der Waals surface area (Å²) >= 11 is 0. The van der Waals surface area contributed by atoms with Crippen molar-refractivity contribution in [2.24, 2.45) is 5.73 Å². The van der Waals surface area contributed by atoms with E-state index >= 15 is 0 Å². The minimum Gasteiger partial charge on any atom is -0.399 e. The molecule has 4 N–H and O–H groups in total. The SMILES string of the molecule is NCC(=O)c1ccc(N)cc1. The van der Waals surface area contributed by atoms with E-state index in [-0.39, 0.29) is 12.3 Å². The molecule has 0 aliphatic rings. The molecule has 0 bridgehead atoms. The maximum atomic E-state index is 11.0. The predicted molar refractivity (Wildman–Crippen MR) is 44.2 cm³/mol. The van der Waals surface area contributed by atoms with Crippen LogP contribution in [0.2, 0.25) is 0 Å². The fourth-order valence-corrected chi connectivity index (χ4v) is 0.787. The van der Waals surface area contributed by atoms with Gasteiger partial charge in [0.2, 0.25) is 0 Å². The Kier molecular flexibility index (Phi) is 2.23. The van der Waals surface area contributed by atoms with Gasteiger partial charge in [-0.25, -0.2) is 0 Å². The summed E-state index contributed by atoms with van der Waals surface area (Å²) in [7, 11) is 0. The molecule has 0 spiro atoms. The van der Waals surface area contributed by atoms with Crippen LogP contribution in [0.1, 0.15) is 10.4 Å². The molecule has 1 aromatic carbocycles. The number of benzene rings is 1. The van der Waals surface area contributed by atoms with Crippen LogP contribution >= 0.6 is 0 Å². The zero-order chi connectivity index (χ0) is 8.27. The molecule has 0 saturated heterocycles. The van der Waals surface area contributed by atoms with Crippen LogP contribution in [0.15, 0.2) is 24.3 Å². The highest BCUT2D eigenvalue weighted by Crippen LogP contribution is 2.05. The summed E-state index contributed by atoms with van der Waals surface area (Å²) in [5.74, 6) is -0.0648. The number of ketones is 1. The van der Waals surface area contributed by atoms with Gasteiger partial charge in [-0.1, -0.05) is 0 Å². The van der Waals surface area contributed by atoms with Crippen molar-refractivity contribution < 1.29 is 4.79 Å². The monoisotopic (exact) mass is 150 g/mol. The Hall–Kier alpha value is -1.35. The number of Topliss-reactive ketones (excluding diaryl/α,β-unsaturated/α-hetero) is 1. The van der Waals surface area contributed by atoms with Gasteiger partial charge in [-0.15, -0.1) is 0 Å². The Labute approximate surface area is 65.0 Å². The van der Waals surface area contributed by atoms with Crippen molar-refractivity contribution in [2.75, 3.05) is 12.3 Å². The second-order valence-electron chi connectivity index (χ2n) is 2.25.